The maximum Gasteiger partial charge on any atom is 0.320 e. The summed E-state index contributed by atoms with van der Waals surface area (Å²) in [7, 11) is 0. The third-order valence-electron chi connectivity index (χ3n) is 2.61. The lowest BCUT2D eigenvalue weighted by Gasteiger charge is -2.11. The zero-order valence-electron chi connectivity index (χ0n) is 8.82. The molecule has 86 valence electrons. The lowest BCUT2D eigenvalue weighted by Crippen LogP contribution is -2.36. The monoisotopic (exact) mass is 222 g/mol. The first kappa shape index (κ1) is 10.7. The smallest absolute Gasteiger partial charge is 0.320 e. The molecule has 3 N–H and O–H groups in total. The number of carbonyl (C=O) groups excluding carboxylic acids is 1. The molecule has 0 saturated heterocycles. The summed E-state index contributed by atoms with van der Waals surface area (Å²) >= 11 is 0. The van der Waals surface area contributed by atoms with Crippen molar-refractivity contribution in [2.45, 2.75) is 31.7 Å². The van der Waals surface area contributed by atoms with Crippen molar-refractivity contribution in [1.82, 2.24) is 15.5 Å². The highest BCUT2D eigenvalue weighted by atomic mass is 16.2. The summed E-state index contributed by atoms with van der Waals surface area (Å²) in [5, 5.41) is 11.4. The van der Waals surface area contributed by atoms with Gasteiger partial charge in [-0.25, -0.2) is 9.89 Å². The number of amides is 2. The second kappa shape index (κ2) is 4.78. The minimum Gasteiger partial charge on any atom is -0.335 e. The largest absolute Gasteiger partial charge is 0.335 e. The van der Waals surface area contributed by atoms with Crippen LogP contribution in [0.3, 0.4) is 0 Å². The minimum atomic E-state index is -0.290. The second-order valence-electron chi connectivity index (χ2n) is 3.89. The molecule has 16 heavy (non-hydrogen) atoms. The van der Waals surface area contributed by atoms with Gasteiger partial charge in [0.15, 0.2) is 5.82 Å². The van der Waals surface area contributed by atoms with Gasteiger partial charge in [0.2, 0.25) is 0 Å². The average Bonchev–Trinajstić information content (AvgIpc) is 2.74. The highest BCUT2D eigenvalue weighted by molar-refractivity contribution is 5.88. The third kappa shape index (κ3) is 2.82. The molecule has 1 aliphatic rings. The highest BCUT2D eigenvalue weighted by Crippen LogP contribution is 2.17. The van der Waals surface area contributed by atoms with E-state index in [2.05, 4.69) is 20.8 Å². The molecule has 1 heterocycles. The van der Waals surface area contributed by atoms with E-state index >= 15 is 0 Å². The minimum absolute atomic E-state index is 0.266. The Bertz CT molecular complexity index is 403. The predicted octanol–water partition coefficient (Wildman–Crippen LogP) is 0.834. The molecule has 2 amide bonds. The number of urea groups is 1. The van der Waals surface area contributed by atoms with Crippen LogP contribution in [0.5, 0.6) is 0 Å². The molecule has 1 aromatic heterocycles. The van der Waals surface area contributed by atoms with Crippen LogP contribution in [0.4, 0.5) is 10.6 Å². The van der Waals surface area contributed by atoms with Crippen LogP contribution in [0.25, 0.3) is 0 Å². The van der Waals surface area contributed by atoms with Crippen molar-refractivity contribution in [3.63, 3.8) is 0 Å². The molecule has 1 fully saturated rings. The zero-order chi connectivity index (χ0) is 11.4. The number of aromatic amines is 1. The summed E-state index contributed by atoms with van der Waals surface area (Å²) in [6.07, 6.45) is 4.41. The Balaban J connectivity index is 1.86. The number of anilines is 1. The van der Waals surface area contributed by atoms with Crippen molar-refractivity contribution in [3.05, 3.63) is 22.5 Å². The quantitative estimate of drug-likeness (QED) is 0.692. The van der Waals surface area contributed by atoms with Crippen molar-refractivity contribution in [2.75, 3.05) is 5.32 Å². The molecule has 6 nitrogen and oxygen atoms in total. The Morgan fingerprint density at radius 3 is 2.75 bits per heavy atom. The van der Waals surface area contributed by atoms with Crippen molar-refractivity contribution in [2.24, 2.45) is 0 Å². The first-order valence-corrected chi connectivity index (χ1v) is 5.37. The van der Waals surface area contributed by atoms with Crippen LogP contribution in [0.1, 0.15) is 25.7 Å². The lowest BCUT2D eigenvalue weighted by atomic mass is 10.2. The molecule has 0 aromatic carbocycles. The summed E-state index contributed by atoms with van der Waals surface area (Å²) in [4.78, 5) is 22.2. The molecule has 0 bridgehead atoms. The molecule has 1 aliphatic carbocycles. The third-order valence-corrected chi connectivity index (χ3v) is 2.61. The average molecular weight is 222 g/mol. The van der Waals surface area contributed by atoms with E-state index < -0.39 is 0 Å². The molecule has 1 saturated carbocycles. The van der Waals surface area contributed by atoms with E-state index in [1.807, 2.05) is 0 Å². The SMILES string of the molecule is O=C(Nc1ccc(=O)[nH]n1)NC1CCCC1. The van der Waals surface area contributed by atoms with E-state index in [0.29, 0.717) is 5.82 Å². The number of nitrogens with zero attached hydrogens (tertiary/aromatic N) is 1. The van der Waals surface area contributed by atoms with E-state index in [4.69, 9.17) is 0 Å². The number of nitrogens with one attached hydrogen (secondary N) is 3. The topological polar surface area (TPSA) is 86.9 Å². The Morgan fingerprint density at radius 2 is 2.12 bits per heavy atom. The Morgan fingerprint density at radius 1 is 1.38 bits per heavy atom. The van der Waals surface area contributed by atoms with Crippen LogP contribution >= 0.6 is 0 Å². The number of aromatic nitrogens is 2. The number of hydrogen-bond donors (Lipinski definition) is 3. The van der Waals surface area contributed by atoms with Crippen LogP contribution in [0.15, 0.2) is 16.9 Å². The summed E-state index contributed by atoms with van der Waals surface area (Å²) in [5.74, 6) is 0.343. The molecule has 6 heteroatoms. The molecule has 1 aromatic rings. The first-order valence-electron chi connectivity index (χ1n) is 5.37. The van der Waals surface area contributed by atoms with Crippen LogP contribution in [-0.2, 0) is 0 Å². The van der Waals surface area contributed by atoms with Crippen molar-refractivity contribution in [3.8, 4) is 0 Å². The van der Waals surface area contributed by atoms with Crippen molar-refractivity contribution < 1.29 is 4.79 Å². The van der Waals surface area contributed by atoms with Crippen LogP contribution in [-0.4, -0.2) is 22.3 Å². The fourth-order valence-electron chi connectivity index (χ4n) is 1.82. The molecular formula is C10H14N4O2. The molecular weight excluding hydrogens is 208 g/mol. The van der Waals surface area contributed by atoms with Gasteiger partial charge in [0.1, 0.15) is 0 Å². The van der Waals surface area contributed by atoms with Gasteiger partial charge in [-0.3, -0.25) is 10.1 Å². The van der Waals surface area contributed by atoms with Gasteiger partial charge in [-0.2, -0.15) is 5.10 Å². The zero-order valence-corrected chi connectivity index (χ0v) is 8.82. The summed E-state index contributed by atoms with van der Waals surface area (Å²) in [5.41, 5.74) is -0.290. The fraction of sp³-hybridized carbons (Fsp3) is 0.500. The van der Waals surface area contributed by atoms with Gasteiger partial charge in [-0.1, -0.05) is 12.8 Å². The maximum atomic E-state index is 11.5. The summed E-state index contributed by atoms with van der Waals surface area (Å²) in [6.45, 7) is 0. The number of H-pyrrole nitrogens is 1. The molecule has 0 atom stereocenters. The van der Waals surface area contributed by atoms with E-state index in [1.165, 1.54) is 25.0 Å². The Labute approximate surface area is 92.4 Å². The predicted molar refractivity (Wildman–Crippen MR) is 59.3 cm³/mol. The lowest BCUT2D eigenvalue weighted by molar-refractivity contribution is 0.248. The van der Waals surface area contributed by atoms with Crippen LogP contribution in [0, 0.1) is 0 Å². The molecule has 0 aliphatic heterocycles. The van der Waals surface area contributed by atoms with Gasteiger partial charge in [-0.05, 0) is 18.9 Å². The van der Waals surface area contributed by atoms with Gasteiger partial charge in [-0.15, -0.1) is 0 Å². The van der Waals surface area contributed by atoms with Crippen LogP contribution < -0.4 is 16.2 Å². The standard InChI is InChI=1S/C10H14N4O2/c15-9-6-5-8(13-14-9)12-10(16)11-7-3-1-2-4-7/h5-7H,1-4H2,(H,14,15)(H2,11,12,13,16). The Kier molecular flexibility index (Phi) is 3.19. The van der Waals surface area contributed by atoms with Crippen molar-refractivity contribution >= 4 is 11.8 Å². The van der Waals surface area contributed by atoms with Gasteiger partial charge in [0.05, 0.1) is 0 Å². The second-order valence-corrected chi connectivity index (χ2v) is 3.89. The Hall–Kier alpha value is -1.85. The van der Waals surface area contributed by atoms with E-state index in [-0.39, 0.29) is 17.6 Å². The van der Waals surface area contributed by atoms with E-state index in [9.17, 15) is 9.59 Å². The first-order chi connectivity index (χ1) is 7.74. The summed E-state index contributed by atoms with van der Waals surface area (Å²) in [6, 6.07) is 2.78. The normalized spacial score (nSPS) is 16.0. The highest BCUT2D eigenvalue weighted by Gasteiger charge is 2.16. The molecule has 2 rings (SSSR count). The van der Waals surface area contributed by atoms with E-state index in [1.54, 1.807) is 0 Å². The fourth-order valence-corrected chi connectivity index (χ4v) is 1.82. The number of carbonyl (C=O) groups is 1. The number of rotatable bonds is 2. The number of hydrogen-bond acceptors (Lipinski definition) is 3. The molecule has 0 unspecified atom stereocenters. The van der Waals surface area contributed by atoms with Gasteiger partial charge < -0.3 is 5.32 Å². The van der Waals surface area contributed by atoms with Crippen LogP contribution in [0.2, 0.25) is 0 Å². The summed E-state index contributed by atoms with van der Waals surface area (Å²) < 4.78 is 0. The van der Waals surface area contributed by atoms with Gasteiger partial charge in [0, 0.05) is 12.1 Å². The molecule has 0 radical (unpaired) electrons. The van der Waals surface area contributed by atoms with Crippen molar-refractivity contribution in [1.29, 1.82) is 0 Å². The molecule has 0 spiro atoms. The maximum absolute atomic E-state index is 11.5. The van der Waals surface area contributed by atoms with E-state index in [0.717, 1.165) is 12.8 Å². The van der Waals surface area contributed by atoms with Gasteiger partial charge in [0.25, 0.3) is 5.56 Å². The van der Waals surface area contributed by atoms with Gasteiger partial charge >= 0.3 is 6.03 Å².